The van der Waals surface area contributed by atoms with Gasteiger partial charge in [0.25, 0.3) is 0 Å². The maximum Gasteiger partial charge on any atom is 0.224 e. The fourth-order valence-electron chi connectivity index (χ4n) is 1.92. The van der Waals surface area contributed by atoms with E-state index in [1.807, 2.05) is 48.5 Å². The molecule has 23 heavy (non-hydrogen) atoms. The minimum atomic E-state index is -0.0757. The van der Waals surface area contributed by atoms with E-state index >= 15 is 0 Å². The van der Waals surface area contributed by atoms with Gasteiger partial charge in [-0.15, -0.1) is 0 Å². The van der Waals surface area contributed by atoms with E-state index in [1.54, 1.807) is 0 Å². The molecule has 2 rings (SSSR count). The zero-order chi connectivity index (χ0) is 16.7. The predicted molar refractivity (Wildman–Crippen MR) is 109 cm³/mol. The Morgan fingerprint density at radius 2 is 1.04 bits per heavy atom. The summed E-state index contributed by atoms with van der Waals surface area (Å²) in [6.07, 6.45) is 1.17. The van der Waals surface area contributed by atoms with Crippen molar-refractivity contribution in [2.45, 2.75) is 19.3 Å². The fraction of sp³-hybridized carbons (Fsp3) is 0.176. The summed E-state index contributed by atoms with van der Waals surface area (Å²) < 4.78 is 2.24. The van der Waals surface area contributed by atoms with Gasteiger partial charge in [0.05, 0.1) is 0 Å². The van der Waals surface area contributed by atoms with E-state index in [0.29, 0.717) is 19.3 Å². The Morgan fingerprint density at radius 3 is 1.39 bits per heavy atom. The lowest BCUT2D eigenvalue weighted by Gasteiger charge is -2.06. The molecule has 120 valence electrons. The normalized spacial score (nSPS) is 10.2. The van der Waals surface area contributed by atoms with Crippen LogP contribution in [0.4, 0.5) is 11.4 Å². The van der Waals surface area contributed by atoms with E-state index in [1.165, 1.54) is 0 Å². The minimum absolute atomic E-state index is 0.0757. The molecule has 0 atom stereocenters. The van der Waals surface area contributed by atoms with Crippen molar-refractivity contribution in [3.8, 4) is 0 Å². The number of halogens is 2. The van der Waals surface area contributed by atoms with E-state index in [4.69, 9.17) is 0 Å². The summed E-state index contributed by atoms with van der Waals surface area (Å²) in [5, 5.41) is 5.65. The summed E-state index contributed by atoms with van der Waals surface area (Å²) >= 11 is 4.43. The molecule has 0 unspecified atom stereocenters. The van der Waals surface area contributed by atoms with Crippen molar-refractivity contribution in [2.75, 3.05) is 10.6 Å². The first-order chi connectivity index (χ1) is 11.0. The second kappa shape index (κ2) is 9.21. The second-order valence-corrected chi connectivity index (χ2v) is 7.45. The molecule has 0 radical (unpaired) electrons. The lowest BCUT2D eigenvalue weighted by molar-refractivity contribution is -0.117. The summed E-state index contributed by atoms with van der Waals surface area (Å²) in [6.45, 7) is 0. The third kappa shape index (κ3) is 6.86. The number of anilines is 2. The Bertz CT molecular complexity index is 610. The summed E-state index contributed by atoms with van der Waals surface area (Å²) in [4.78, 5) is 23.7. The van der Waals surface area contributed by atoms with Crippen molar-refractivity contribution in [2.24, 2.45) is 0 Å². The van der Waals surface area contributed by atoms with Crippen LogP contribution < -0.4 is 10.6 Å². The van der Waals surface area contributed by atoms with Crippen LogP contribution >= 0.6 is 45.2 Å². The van der Waals surface area contributed by atoms with Crippen LogP contribution in [0, 0.1) is 7.14 Å². The summed E-state index contributed by atoms with van der Waals surface area (Å²) in [5.74, 6) is -0.151. The standard InChI is InChI=1S/C17H16I2N2O2/c18-12-4-8-14(9-5-12)20-16(22)2-1-3-17(23)21-15-10-6-13(19)7-11-15/h4-11H,1-3H2,(H,20,22)(H,21,23). The Labute approximate surface area is 162 Å². The van der Waals surface area contributed by atoms with Gasteiger partial charge in [-0.05, 0) is 100 Å². The molecule has 0 aliphatic rings. The van der Waals surface area contributed by atoms with Gasteiger partial charge in [-0.3, -0.25) is 9.59 Å². The molecule has 2 aromatic carbocycles. The molecule has 2 N–H and O–H groups in total. The highest BCUT2D eigenvalue weighted by Gasteiger charge is 2.06. The lowest BCUT2D eigenvalue weighted by atomic mass is 10.2. The monoisotopic (exact) mass is 534 g/mol. The highest BCUT2D eigenvalue weighted by atomic mass is 127. The van der Waals surface area contributed by atoms with E-state index in [0.717, 1.165) is 18.5 Å². The maximum atomic E-state index is 11.8. The highest BCUT2D eigenvalue weighted by molar-refractivity contribution is 14.1. The molecule has 0 aromatic heterocycles. The van der Waals surface area contributed by atoms with E-state index in [9.17, 15) is 9.59 Å². The smallest absolute Gasteiger partial charge is 0.224 e. The quantitative estimate of drug-likeness (QED) is 0.531. The van der Waals surface area contributed by atoms with Gasteiger partial charge >= 0.3 is 0 Å². The molecule has 2 aromatic rings. The van der Waals surface area contributed by atoms with Crippen molar-refractivity contribution < 1.29 is 9.59 Å². The average molecular weight is 534 g/mol. The molecule has 0 bridgehead atoms. The minimum Gasteiger partial charge on any atom is -0.326 e. The molecule has 2 amide bonds. The van der Waals surface area contributed by atoms with Crippen molar-refractivity contribution in [1.29, 1.82) is 0 Å². The molecule has 0 fully saturated rings. The summed E-state index contributed by atoms with van der Waals surface area (Å²) in [6, 6.07) is 15.2. The van der Waals surface area contributed by atoms with Crippen LogP contribution in [0.3, 0.4) is 0 Å². The molecular formula is C17H16I2N2O2. The Balaban J connectivity index is 1.69. The number of amides is 2. The number of hydrogen-bond donors (Lipinski definition) is 2. The molecular weight excluding hydrogens is 518 g/mol. The van der Waals surface area contributed by atoms with Crippen LogP contribution in [0.1, 0.15) is 19.3 Å². The van der Waals surface area contributed by atoms with Gasteiger partial charge in [0.2, 0.25) is 11.8 Å². The molecule has 0 aliphatic carbocycles. The van der Waals surface area contributed by atoms with Gasteiger partial charge in [-0.2, -0.15) is 0 Å². The van der Waals surface area contributed by atoms with Crippen LogP contribution in [-0.4, -0.2) is 11.8 Å². The third-order valence-corrected chi connectivity index (χ3v) is 4.50. The molecule has 4 nitrogen and oxygen atoms in total. The number of carbonyl (C=O) groups is 2. The van der Waals surface area contributed by atoms with Crippen molar-refractivity contribution >= 4 is 68.4 Å². The zero-order valence-corrected chi connectivity index (χ0v) is 16.6. The number of hydrogen-bond acceptors (Lipinski definition) is 2. The van der Waals surface area contributed by atoms with Crippen LogP contribution in [0.25, 0.3) is 0 Å². The van der Waals surface area contributed by atoms with Crippen LogP contribution in [0.5, 0.6) is 0 Å². The first-order valence-corrected chi connectivity index (χ1v) is 9.29. The zero-order valence-electron chi connectivity index (χ0n) is 12.3. The number of benzene rings is 2. The second-order valence-electron chi connectivity index (χ2n) is 4.96. The maximum absolute atomic E-state index is 11.8. The molecule has 6 heteroatoms. The van der Waals surface area contributed by atoms with Crippen molar-refractivity contribution in [3.63, 3.8) is 0 Å². The first kappa shape index (κ1) is 18.2. The summed E-state index contributed by atoms with van der Waals surface area (Å²) in [5.41, 5.74) is 1.55. The van der Waals surface area contributed by atoms with Gasteiger partial charge in [-0.25, -0.2) is 0 Å². The molecule has 0 aliphatic heterocycles. The average Bonchev–Trinajstić information content (AvgIpc) is 2.52. The van der Waals surface area contributed by atoms with Gasteiger partial charge in [0.15, 0.2) is 0 Å². The van der Waals surface area contributed by atoms with E-state index in [-0.39, 0.29) is 11.8 Å². The van der Waals surface area contributed by atoms with Crippen molar-refractivity contribution in [3.05, 3.63) is 55.7 Å². The largest absolute Gasteiger partial charge is 0.326 e. The van der Waals surface area contributed by atoms with Crippen LogP contribution in [0.15, 0.2) is 48.5 Å². The topological polar surface area (TPSA) is 58.2 Å². The van der Waals surface area contributed by atoms with Gasteiger partial charge < -0.3 is 10.6 Å². The van der Waals surface area contributed by atoms with Gasteiger partial charge in [0, 0.05) is 31.4 Å². The Hall–Kier alpha value is -1.16. The van der Waals surface area contributed by atoms with E-state index in [2.05, 4.69) is 55.8 Å². The molecule has 0 saturated carbocycles. The Kier molecular flexibility index (Phi) is 7.28. The molecule has 0 heterocycles. The van der Waals surface area contributed by atoms with Gasteiger partial charge in [0.1, 0.15) is 0 Å². The van der Waals surface area contributed by atoms with Gasteiger partial charge in [-0.1, -0.05) is 0 Å². The fourth-order valence-corrected chi connectivity index (χ4v) is 2.64. The van der Waals surface area contributed by atoms with Crippen LogP contribution in [0.2, 0.25) is 0 Å². The first-order valence-electron chi connectivity index (χ1n) is 7.14. The molecule has 0 spiro atoms. The highest BCUT2D eigenvalue weighted by Crippen LogP contribution is 2.13. The lowest BCUT2D eigenvalue weighted by Crippen LogP contribution is -2.14. The Morgan fingerprint density at radius 1 is 0.696 bits per heavy atom. The van der Waals surface area contributed by atoms with E-state index < -0.39 is 0 Å². The summed E-state index contributed by atoms with van der Waals surface area (Å²) in [7, 11) is 0. The number of nitrogens with one attached hydrogen (secondary N) is 2. The predicted octanol–water partition coefficient (Wildman–Crippen LogP) is 4.64. The number of carbonyl (C=O) groups excluding carboxylic acids is 2. The SMILES string of the molecule is O=C(CCCC(=O)Nc1ccc(I)cc1)Nc1ccc(I)cc1. The van der Waals surface area contributed by atoms with Crippen molar-refractivity contribution in [1.82, 2.24) is 0 Å². The molecule has 0 saturated heterocycles. The number of rotatable bonds is 6. The van der Waals surface area contributed by atoms with Crippen LogP contribution in [-0.2, 0) is 9.59 Å². The third-order valence-electron chi connectivity index (χ3n) is 3.06.